The number of nitrogens with zero attached hydrogens (tertiary/aromatic N) is 2. The number of aryl methyl sites for hydroxylation is 1. The molecular weight excluding hydrogens is 294 g/mol. The maximum atomic E-state index is 12.5. The Balaban J connectivity index is 1.74. The van der Waals surface area contributed by atoms with Crippen LogP contribution in [0, 0.1) is 0 Å². The van der Waals surface area contributed by atoms with Gasteiger partial charge >= 0.3 is 5.97 Å². The average Bonchev–Trinajstić information content (AvgIpc) is 2.99. The highest BCUT2D eigenvalue weighted by atomic mass is 16.4. The smallest absolute Gasteiger partial charge is 0.326 e. The van der Waals surface area contributed by atoms with Gasteiger partial charge < -0.3 is 10.4 Å². The van der Waals surface area contributed by atoms with E-state index in [2.05, 4.69) is 10.4 Å². The predicted octanol–water partition coefficient (Wildman–Crippen LogP) is 1.65. The number of hydrogen-bond donors (Lipinski definition) is 2. The van der Waals surface area contributed by atoms with Crippen LogP contribution in [0.1, 0.15) is 34.5 Å². The molecule has 0 radical (unpaired) electrons. The minimum Gasteiger partial charge on any atom is -0.480 e. The first-order valence-electron chi connectivity index (χ1n) is 7.77. The quantitative estimate of drug-likeness (QED) is 0.879. The van der Waals surface area contributed by atoms with Crippen molar-refractivity contribution in [1.29, 1.82) is 0 Å². The van der Waals surface area contributed by atoms with Gasteiger partial charge in [0.05, 0.1) is 17.5 Å². The maximum Gasteiger partial charge on any atom is 0.326 e. The monoisotopic (exact) mass is 313 g/mol. The number of aliphatic carboxylic acids is 1. The van der Waals surface area contributed by atoms with Crippen molar-refractivity contribution in [3.8, 4) is 0 Å². The molecule has 0 aliphatic carbocycles. The summed E-state index contributed by atoms with van der Waals surface area (Å²) in [5, 5.41) is 16.2. The Labute approximate surface area is 134 Å². The maximum absolute atomic E-state index is 12.5. The average molecular weight is 313 g/mol. The molecule has 1 amide bonds. The number of carbonyl (C=O) groups is 2. The van der Waals surface area contributed by atoms with Gasteiger partial charge in [0.15, 0.2) is 0 Å². The van der Waals surface area contributed by atoms with Crippen LogP contribution in [-0.2, 0) is 24.2 Å². The van der Waals surface area contributed by atoms with Gasteiger partial charge in [-0.3, -0.25) is 9.48 Å². The fraction of sp³-hybridized carbons (Fsp3) is 0.353. The molecule has 1 aliphatic heterocycles. The largest absolute Gasteiger partial charge is 0.480 e. The summed E-state index contributed by atoms with van der Waals surface area (Å²) in [5.74, 6) is -1.40. The van der Waals surface area contributed by atoms with Crippen molar-refractivity contribution in [2.24, 2.45) is 0 Å². The van der Waals surface area contributed by atoms with E-state index in [1.165, 1.54) is 6.20 Å². The number of benzene rings is 1. The first-order valence-corrected chi connectivity index (χ1v) is 7.77. The molecule has 6 heteroatoms. The number of carboxylic acids is 1. The number of aromatic nitrogens is 2. The number of amides is 1. The summed E-state index contributed by atoms with van der Waals surface area (Å²) in [6, 6.07) is 8.32. The first kappa shape index (κ1) is 15.3. The molecule has 0 fully saturated rings. The summed E-state index contributed by atoms with van der Waals surface area (Å²) in [7, 11) is 0. The van der Waals surface area contributed by atoms with Crippen molar-refractivity contribution < 1.29 is 14.7 Å². The molecule has 0 spiro atoms. The van der Waals surface area contributed by atoms with Crippen molar-refractivity contribution in [2.75, 3.05) is 0 Å². The molecule has 0 unspecified atom stereocenters. The highest BCUT2D eigenvalue weighted by Crippen LogP contribution is 2.18. The fourth-order valence-electron chi connectivity index (χ4n) is 2.90. The normalized spacial score (nSPS) is 14.8. The Morgan fingerprint density at radius 2 is 2.04 bits per heavy atom. The lowest BCUT2D eigenvalue weighted by molar-refractivity contribution is -0.139. The molecule has 120 valence electrons. The molecule has 2 heterocycles. The Morgan fingerprint density at radius 3 is 2.78 bits per heavy atom. The summed E-state index contributed by atoms with van der Waals surface area (Å²) in [6.45, 7) is 0.814. The lowest BCUT2D eigenvalue weighted by atomic mass is 10.0. The molecule has 3 rings (SSSR count). The van der Waals surface area contributed by atoms with Gasteiger partial charge in [0, 0.05) is 13.0 Å². The second-order valence-corrected chi connectivity index (χ2v) is 5.74. The van der Waals surface area contributed by atoms with Crippen LogP contribution in [0.15, 0.2) is 36.5 Å². The van der Waals surface area contributed by atoms with Gasteiger partial charge in [0.1, 0.15) is 6.04 Å². The molecule has 23 heavy (non-hydrogen) atoms. The van der Waals surface area contributed by atoms with E-state index in [0.717, 1.165) is 37.1 Å². The van der Waals surface area contributed by atoms with Crippen molar-refractivity contribution in [1.82, 2.24) is 15.1 Å². The second-order valence-electron chi connectivity index (χ2n) is 5.74. The number of fused-ring (bicyclic) bond motifs is 1. The van der Waals surface area contributed by atoms with Crippen LogP contribution >= 0.6 is 0 Å². The molecule has 2 aromatic rings. The fourth-order valence-corrected chi connectivity index (χ4v) is 2.90. The Morgan fingerprint density at radius 1 is 1.26 bits per heavy atom. The summed E-state index contributed by atoms with van der Waals surface area (Å²) in [6.07, 6.45) is 4.68. The Hall–Kier alpha value is -2.63. The number of rotatable bonds is 5. The van der Waals surface area contributed by atoms with Gasteiger partial charge in [-0.25, -0.2) is 4.79 Å². The SMILES string of the molecule is O=C(N[C@@H](Cc1ccccc1)C(=O)O)c1cnn2c1CCCC2. The van der Waals surface area contributed by atoms with E-state index in [-0.39, 0.29) is 12.3 Å². The summed E-state index contributed by atoms with van der Waals surface area (Å²) < 4.78 is 1.84. The summed E-state index contributed by atoms with van der Waals surface area (Å²) in [5.41, 5.74) is 2.26. The van der Waals surface area contributed by atoms with Crippen molar-refractivity contribution in [2.45, 2.75) is 38.3 Å². The third-order valence-electron chi connectivity index (χ3n) is 4.11. The predicted molar refractivity (Wildman–Crippen MR) is 84.2 cm³/mol. The van der Waals surface area contributed by atoms with E-state index in [1.807, 2.05) is 35.0 Å². The summed E-state index contributed by atoms with van der Waals surface area (Å²) >= 11 is 0. The molecular formula is C17H19N3O3. The van der Waals surface area contributed by atoms with Gasteiger partial charge in [-0.2, -0.15) is 5.10 Å². The first-order chi connectivity index (χ1) is 11.1. The topological polar surface area (TPSA) is 84.2 Å². The molecule has 1 aliphatic rings. The molecule has 1 aromatic carbocycles. The lowest BCUT2D eigenvalue weighted by Gasteiger charge is -2.17. The summed E-state index contributed by atoms with van der Waals surface area (Å²) in [4.78, 5) is 23.9. The zero-order valence-corrected chi connectivity index (χ0v) is 12.7. The van der Waals surface area contributed by atoms with Crippen LogP contribution in [0.25, 0.3) is 0 Å². The molecule has 1 aromatic heterocycles. The molecule has 0 saturated carbocycles. The minimum absolute atomic E-state index is 0.255. The van der Waals surface area contributed by atoms with Gasteiger partial charge in [-0.1, -0.05) is 30.3 Å². The molecule has 0 bridgehead atoms. The molecule has 0 saturated heterocycles. The molecule has 2 N–H and O–H groups in total. The van der Waals surface area contributed by atoms with Crippen LogP contribution < -0.4 is 5.32 Å². The third kappa shape index (κ3) is 3.41. The third-order valence-corrected chi connectivity index (χ3v) is 4.11. The van der Waals surface area contributed by atoms with Crippen LogP contribution in [0.2, 0.25) is 0 Å². The van der Waals surface area contributed by atoms with Crippen LogP contribution in [-0.4, -0.2) is 32.8 Å². The standard InChI is InChI=1S/C17H19N3O3/c21-16(13-11-18-20-9-5-4-8-15(13)20)19-14(17(22)23)10-12-6-2-1-3-7-12/h1-3,6-7,11,14H,4-5,8-10H2,(H,19,21)(H,22,23)/t14-/m0/s1. The van der Waals surface area contributed by atoms with Crippen molar-refractivity contribution >= 4 is 11.9 Å². The van der Waals surface area contributed by atoms with E-state index in [4.69, 9.17) is 0 Å². The lowest BCUT2D eigenvalue weighted by Crippen LogP contribution is -2.42. The molecule has 6 nitrogen and oxygen atoms in total. The number of nitrogens with one attached hydrogen (secondary N) is 1. The van der Waals surface area contributed by atoms with Gasteiger partial charge in [0.25, 0.3) is 5.91 Å². The Bertz CT molecular complexity index is 709. The van der Waals surface area contributed by atoms with Crippen molar-refractivity contribution in [3.63, 3.8) is 0 Å². The minimum atomic E-state index is -1.04. The zero-order chi connectivity index (χ0) is 16.2. The number of hydrogen-bond acceptors (Lipinski definition) is 3. The van der Waals surface area contributed by atoms with Gasteiger partial charge in [-0.15, -0.1) is 0 Å². The van der Waals surface area contributed by atoms with Gasteiger partial charge in [0.2, 0.25) is 0 Å². The molecule has 1 atom stereocenters. The number of carboxylic acid groups (broad SMARTS) is 1. The van der Waals surface area contributed by atoms with E-state index < -0.39 is 12.0 Å². The van der Waals surface area contributed by atoms with E-state index in [0.29, 0.717) is 5.56 Å². The second kappa shape index (κ2) is 6.64. The van der Waals surface area contributed by atoms with Gasteiger partial charge in [-0.05, 0) is 24.8 Å². The van der Waals surface area contributed by atoms with Crippen LogP contribution in [0.5, 0.6) is 0 Å². The highest BCUT2D eigenvalue weighted by Gasteiger charge is 2.25. The van der Waals surface area contributed by atoms with E-state index in [1.54, 1.807) is 0 Å². The van der Waals surface area contributed by atoms with E-state index >= 15 is 0 Å². The van der Waals surface area contributed by atoms with E-state index in [9.17, 15) is 14.7 Å². The van der Waals surface area contributed by atoms with Crippen LogP contribution in [0.4, 0.5) is 0 Å². The highest BCUT2D eigenvalue weighted by molar-refractivity contribution is 5.97. The zero-order valence-electron chi connectivity index (χ0n) is 12.7. The number of carbonyl (C=O) groups excluding carboxylic acids is 1. The van der Waals surface area contributed by atoms with Crippen LogP contribution in [0.3, 0.4) is 0 Å². The Kier molecular flexibility index (Phi) is 4.41. The van der Waals surface area contributed by atoms with Crippen molar-refractivity contribution in [3.05, 3.63) is 53.3 Å².